The molecule has 13 heavy (non-hydrogen) atoms. The lowest BCUT2D eigenvalue weighted by Gasteiger charge is -2.09. The van der Waals surface area contributed by atoms with Crippen LogP contribution in [-0.4, -0.2) is 36.5 Å². The highest BCUT2D eigenvalue weighted by Crippen LogP contribution is 1.88. The van der Waals surface area contributed by atoms with Crippen LogP contribution in [0.2, 0.25) is 0 Å². The SMILES string of the molecule is C=CCOC(=O)N[C@H](CF)C(=O)O. The third-order valence-corrected chi connectivity index (χ3v) is 1.08. The summed E-state index contributed by atoms with van der Waals surface area (Å²) in [4.78, 5) is 20.9. The van der Waals surface area contributed by atoms with Crippen molar-refractivity contribution < 1.29 is 23.8 Å². The molecule has 74 valence electrons. The van der Waals surface area contributed by atoms with Crippen LogP contribution in [0, 0.1) is 0 Å². The van der Waals surface area contributed by atoms with Gasteiger partial charge in [0.2, 0.25) is 0 Å². The number of rotatable bonds is 5. The van der Waals surface area contributed by atoms with Crippen LogP contribution < -0.4 is 5.32 Å². The smallest absolute Gasteiger partial charge is 0.408 e. The summed E-state index contributed by atoms with van der Waals surface area (Å²) in [5.74, 6) is -1.45. The van der Waals surface area contributed by atoms with Crippen molar-refractivity contribution in [1.82, 2.24) is 5.32 Å². The lowest BCUT2D eigenvalue weighted by molar-refractivity contribution is -0.139. The summed E-state index contributed by atoms with van der Waals surface area (Å²) in [6, 6.07) is -1.56. The fourth-order valence-corrected chi connectivity index (χ4v) is 0.485. The molecule has 1 atom stereocenters. The van der Waals surface area contributed by atoms with E-state index in [0.29, 0.717) is 0 Å². The topological polar surface area (TPSA) is 75.6 Å². The molecule has 5 nitrogen and oxygen atoms in total. The van der Waals surface area contributed by atoms with Gasteiger partial charge < -0.3 is 15.2 Å². The molecule has 0 bridgehead atoms. The Labute approximate surface area is 74.2 Å². The molecule has 0 aromatic rings. The van der Waals surface area contributed by atoms with Gasteiger partial charge in [0.15, 0.2) is 6.04 Å². The van der Waals surface area contributed by atoms with Crippen molar-refractivity contribution in [1.29, 1.82) is 0 Å². The second kappa shape index (κ2) is 5.99. The molecule has 0 saturated carbocycles. The number of carboxylic acids is 1. The summed E-state index contributed by atoms with van der Waals surface area (Å²) < 4.78 is 16.3. The number of amides is 1. The molecule has 0 radical (unpaired) electrons. The zero-order valence-electron chi connectivity index (χ0n) is 6.83. The Hall–Kier alpha value is -1.59. The van der Waals surface area contributed by atoms with E-state index < -0.39 is 24.8 Å². The van der Waals surface area contributed by atoms with Gasteiger partial charge in [0.05, 0.1) is 0 Å². The first-order chi connectivity index (χ1) is 6.11. The molecule has 0 saturated heterocycles. The number of carbonyl (C=O) groups is 2. The van der Waals surface area contributed by atoms with Gasteiger partial charge in [0, 0.05) is 0 Å². The Morgan fingerprint density at radius 1 is 1.69 bits per heavy atom. The predicted octanol–water partition coefficient (Wildman–Crippen LogP) is 0.321. The third-order valence-electron chi connectivity index (χ3n) is 1.08. The van der Waals surface area contributed by atoms with Gasteiger partial charge in [0.1, 0.15) is 13.3 Å². The van der Waals surface area contributed by atoms with E-state index in [4.69, 9.17) is 5.11 Å². The molecule has 0 heterocycles. The lowest BCUT2D eigenvalue weighted by atomic mass is 10.3. The zero-order chi connectivity index (χ0) is 10.3. The van der Waals surface area contributed by atoms with Crippen molar-refractivity contribution in [3.8, 4) is 0 Å². The van der Waals surface area contributed by atoms with E-state index in [9.17, 15) is 14.0 Å². The van der Waals surface area contributed by atoms with Crippen LogP contribution >= 0.6 is 0 Å². The van der Waals surface area contributed by atoms with Crippen LogP contribution in [-0.2, 0) is 9.53 Å². The second-order valence-corrected chi connectivity index (χ2v) is 2.08. The van der Waals surface area contributed by atoms with Crippen molar-refractivity contribution in [2.75, 3.05) is 13.3 Å². The van der Waals surface area contributed by atoms with E-state index in [-0.39, 0.29) is 6.61 Å². The highest BCUT2D eigenvalue weighted by Gasteiger charge is 2.19. The molecule has 0 aliphatic heterocycles. The fourth-order valence-electron chi connectivity index (χ4n) is 0.485. The third kappa shape index (κ3) is 4.78. The van der Waals surface area contributed by atoms with Gasteiger partial charge in [-0.25, -0.2) is 14.0 Å². The summed E-state index contributed by atoms with van der Waals surface area (Å²) in [6.07, 6.45) is 0.329. The van der Waals surface area contributed by atoms with Gasteiger partial charge in [-0.05, 0) is 0 Å². The maximum Gasteiger partial charge on any atom is 0.408 e. The highest BCUT2D eigenvalue weighted by molar-refractivity contribution is 5.79. The number of ether oxygens (including phenoxy) is 1. The van der Waals surface area contributed by atoms with E-state index in [2.05, 4.69) is 11.3 Å². The number of aliphatic carboxylic acids is 1. The molecule has 0 rings (SSSR count). The quantitative estimate of drug-likeness (QED) is 0.613. The van der Waals surface area contributed by atoms with Crippen molar-refractivity contribution in [3.63, 3.8) is 0 Å². The monoisotopic (exact) mass is 191 g/mol. The number of alkyl halides is 1. The molecule has 0 aromatic heterocycles. The number of alkyl carbamates (subject to hydrolysis) is 1. The Kier molecular flexibility index (Phi) is 5.25. The summed E-state index contributed by atoms with van der Waals surface area (Å²) in [5, 5.41) is 10.1. The van der Waals surface area contributed by atoms with Gasteiger partial charge in [0.25, 0.3) is 0 Å². The van der Waals surface area contributed by atoms with Gasteiger partial charge >= 0.3 is 12.1 Å². The Morgan fingerprint density at radius 3 is 2.69 bits per heavy atom. The van der Waals surface area contributed by atoms with Crippen molar-refractivity contribution in [2.24, 2.45) is 0 Å². The molecule has 0 aromatic carbocycles. The van der Waals surface area contributed by atoms with E-state index >= 15 is 0 Å². The maximum absolute atomic E-state index is 11.9. The van der Waals surface area contributed by atoms with Gasteiger partial charge in [-0.3, -0.25) is 0 Å². The molecule has 0 fully saturated rings. The maximum atomic E-state index is 11.9. The van der Waals surface area contributed by atoms with E-state index in [1.54, 1.807) is 0 Å². The standard InChI is InChI=1S/C7H10FNO4/c1-2-3-13-7(12)9-5(4-8)6(10)11/h2,5H,1,3-4H2,(H,9,12)(H,10,11)/t5-/m1/s1. The molecule has 0 spiro atoms. The molecular weight excluding hydrogens is 181 g/mol. The second-order valence-electron chi connectivity index (χ2n) is 2.08. The number of hydrogen-bond acceptors (Lipinski definition) is 3. The minimum absolute atomic E-state index is 0.0511. The van der Waals surface area contributed by atoms with Gasteiger partial charge in [-0.1, -0.05) is 12.7 Å². The number of hydrogen-bond donors (Lipinski definition) is 2. The minimum atomic E-state index is -1.56. The number of carboxylic acid groups (broad SMARTS) is 1. The molecule has 0 aliphatic carbocycles. The molecule has 0 aliphatic rings. The fraction of sp³-hybridized carbons (Fsp3) is 0.429. The summed E-state index contributed by atoms with van der Waals surface area (Å²) >= 11 is 0. The first-order valence-electron chi connectivity index (χ1n) is 3.44. The van der Waals surface area contributed by atoms with Crippen LogP contribution in [0.3, 0.4) is 0 Å². The van der Waals surface area contributed by atoms with Crippen LogP contribution in [0.1, 0.15) is 0 Å². The predicted molar refractivity (Wildman–Crippen MR) is 42.1 cm³/mol. The average molecular weight is 191 g/mol. The first-order valence-corrected chi connectivity index (χ1v) is 3.44. The van der Waals surface area contributed by atoms with Crippen molar-refractivity contribution in [2.45, 2.75) is 6.04 Å². The van der Waals surface area contributed by atoms with E-state index in [1.165, 1.54) is 6.08 Å². The Balaban J connectivity index is 3.86. The number of carbonyl (C=O) groups excluding carboxylic acids is 1. The van der Waals surface area contributed by atoms with Crippen molar-refractivity contribution >= 4 is 12.1 Å². The van der Waals surface area contributed by atoms with Gasteiger partial charge in [-0.15, -0.1) is 0 Å². The lowest BCUT2D eigenvalue weighted by Crippen LogP contribution is -2.42. The zero-order valence-corrected chi connectivity index (χ0v) is 6.83. The largest absolute Gasteiger partial charge is 0.480 e. The van der Waals surface area contributed by atoms with E-state index in [1.807, 2.05) is 5.32 Å². The molecule has 0 unspecified atom stereocenters. The summed E-state index contributed by atoms with van der Waals surface area (Å²) in [6.45, 7) is 2.04. The Morgan fingerprint density at radius 2 is 2.31 bits per heavy atom. The normalized spacial score (nSPS) is 11.5. The van der Waals surface area contributed by atoms with Gasteiger partial charge in [-0.2, -0.15) is 0 Å². The van der Waals surface area contributed by atoms with Crippen LogP contribution in [0.5, 0.6) is 0 Å². The summed E-state index contributed by atoms with van der Waals surface area (Å²) in [7, 11) is 0. The van der Waals surface area contributed by atoms with Crippen LogP contribution in [0.25, 0.3) is 0 Å². The first kappa shape index (κ1) is 11.4. The van der Waals surface area contributed by atoms with Crippen molar-refractivity contribution in [3.05, 3.63) is 12.7 Å². The molecule has 1 amide bonds. The minimum Gasteiger partial charge on any atom is -0.480 e. The molecule has 2 N–H and O–H groups in total. The van der Waals surface area contributed by atoms with E-state index in [0.717, 1.165) is 0 Å². The molecular formula is C7H10FNO4. The summed E-state index contributed by atoms with van der Waals surface area (Å²) in [5.41, 5.74) is 0. The molecule has 6 heteroatoms. The Bertz CT molecular complexity index is 207. The highest BCUT2D eigenvalue weighted by atomic mass is 19.1. The van der Waals surface area contributed by atoms with Crippen LogP contribution in [0.4, 0.5) is 9.18 Å². The number of halogens is 1. The number of nitrogens with one attached hydrogen (secondary N) is 1. The average Bonchev–Trinajstić information content (AvgIpc) is 2.10. The van der Waals surface area contributed by atoms with Crippen LogP contribution in [0.15, 0.2) is 12.7 Å².